The number of benzene rings is 2. The van der Waals surface area contributed by atoms with Crippen LogP contribution < -0.4 is 14.2 Å². The van der Waals surface area contributed by atoms with Gasteiger partial charge in [0.2, 0.25) is 0 Å². The van der Waals surface area contributed by atoms with Crippen LogP contribution in [0.3, 0.4) is 0 Å². The van der Waals surface area contributed by atoms with Gasteiger partial charge in [0.1, 0.15) is 24.4 Å². The molecule has 11 nitrogen and oxygen atoms in total. The quantitative estimate of drug-likeness (QED) is 0.216. The Labute approximate surface area is 215 Å². The zero-order valence-electron chi connectivity index (χ0n) is 21.1. The third-order valence-corrected chi connectivity index (χ3v) is 6.28. The summed E-state index contributed by atoms with van der Waals surface area (Å²) in [4.78, 5) is 0. The molecule has 1 aliphatic heterocycles. The molecule has 2 aromatic rings. The summed E-state index contributed by atoms with van der Waals surface area (Å²) >= 11 is 0. The van der Waals surface area contributed by atoms with Gasteiger partial charge in [0.05, 0.1) is 33.5 Å². The van der Waals surface area contributed by atoms with Crippen LogP contribution in [0.2, 0.25) is 0 Å². The lowest BCUT2D eigenvalue weighted by Crippen LogP contribution is -2.57. The fraction of sp³-hybridized carbons (Fsp3) is 0.538. The molecule has 1 saturated heterocycles. The van der Waals surface area contributed by atoms with Gasteiger partial charge in [-0.15, -0.1) is 0 Å². The van der Waals surface area contributed by atoms with E-state index in [1.54, 1.807) is 19.1 Å². The van der Waals surface area contributed by atoms with Crippen LogP contribution in [0.15, 0.2) is 36.4 Å². The zero-order valence-corrected chi connectivity index (χ0v) is 21.1. The van der Waals surface area contributed by atoms with Gasteiger partial charge < -0.3 is 54.3 Å². The highest BCUT2D eigenvalue weighted by Gasteiger charge is 2.42. The Morgan fingerprint density at radius 2 is 1.65 bits per heavy atom. The first-order valence-corrected chi connectivity index (χ1v) is 12.0. The molecule has 2 aromatic carbocycles. The standard InChI is InChI=1S/C26H36O11/c1-14-22(29)24(31)25(32)26(36-14)35-10-4-5-15-6-9-18(20(11-15)34-3)37-21(13-27)23(30)16-7-8-17(28)19(12-16)33-2/h6-9,11-12,14,21-32H,4-5,10,13H2,1-3H3/t14-,21+,22-,23+,24+,25+,26+/m0/s1. The SMILES string of the molecule is COc1cc([C@@H](O)[C@@H](CO)Oc2ccc(CCCO[C@@H]3O[C@@H](C)[C@H](O)[C@@H](O)[C@H]3O)cc2OC)ccc1O. The first-order chi connectivity index (χ1) is 17.7. The number of ether oxygens (including phenoxy) is 5. The Hall–Kier alpha value is -2.64. The third-order valence-electron chi connectivity index (χ3n) is 6.28. The fourth-order valence-corrected chi connectivity index (χ4v) is 4.05. The molecule has 0 aromatic heterocycles. The molecule has 1 aliphatic rings. The van der Waals surface area contributed by atoms with Crippen molar-refractivity contribution < 1.29 is 54.3 Å². The Balaban J connectivity index is 1.58. The molecule has 206 valence electrons. The summed E-state index contributed by atoms with van der Waals surface area (Å²) in [5.41, 5.74) is 1.30. The molecule has 0 radical (unpaired) electrons. The maximum atomic E-state index is 10.8. The van der Waals surface area contributed by atoms with E-state index in [2.05, 4.69) is 0 Å². The van der Waals surface area contributed by atoms with Crippen LogP contribution in [0.25, 0.3) is 0 Å². The maximum Gasteiger partial charge on any atom is 0.186 e. The number of aryl methyl sites for hydroxylation is 1. The summed E-state index contributed by atoms with van der Waals surface area (Å²) in [6.07, 6.45) is -6.63. The van der Waals surface area contributed by atoms with Gasteiger partial charge in [-0.2, -0.15) is 0 Å². The number of phenols is 1. The number of aliphatic hydroxyl groups is 5. The summed E-state index contributed by atoms with van der Waals surface area (Å²) in [5.74, 6) is 0.846. The van der Waals surface area contributed by atoms with Gasteiger partial charge in [-0.05, 0) is 55.2 Å². The van der Waals surface area contributed by atoms with Crippen molar-refractivity contribution in [2.24, 2.45) is 0 Å². The molecule has 0 unspecified atom stereocenters. The van der Waals surface area contributed by atoms with Gasteiger partial charge in [-0.3, -0.25) is 0 Å². The van der Waals surface area contributed by atoms with E-state index in [1.165, 1.54) is 32.4 Å². The predicted octanol–water partition coefficient (Wildman–Crippen LogP) is 0.659. The van der Waals surface area contributed by atoms with Crippen molar-refractivity contribution in [3.63, 3.8) is 0 Å². The van der Waals surface area contributed by atoms with Gasteiger partial charge >= 0.3 is 0 Å². The number of hydrogen-bond donors (Lipinski definition) is 6. The van der Waals surface area contributed by atoms with Gasteiger partial charge in [-0.1, -0.05) is 12.1 Å². The Morgan fingerprint density at radius 3 is 2.32 bits per heavy atom. The molecule has 0 amide bonds. The average Bonchev–Trinajstić information content (AvgIpc) is 2.91. The Morgan fingerprint density at radius 1 is 0.919 bits per heavy atom. The van der Waals surface area contributed by atoms with Crippen LogP contribution in [0, 0.1) is 0 Å². The lowest BCUT2D eigenvalue weighted by molar-refractivity contribution is -0.293. The largest absolute Gasteiger partial charge is 0.504 e. The molecule has 0 bridgehead atoms. The fourth-order valence-electron chi connectivity index (χ4n) is 4.05. The Kier molecular flexibility index (Phi) is 10.4. The monoisotopic (exact) mass is 524 g/mol. The third kappa shape index (κ3) is 7.02. The number of aliphatic hydroxyl groups excluding tert-OH is 5. The van der Waals surface area contributed by atoms with Gasteiger partial charge in [0.25, 0.3) is 0 Å². The molecule has 0 aliphatic carbocycles. The lowest BCUT2D eigenvalue weighted by Gasteiger charge is -2.38. The van der Waals surface area contributed by atoms with Crippen molar-refractivity contribution in [2.75, 3.05) is 27.4 Å². The normalized spacial score (nSPS) is 25.4. The predicted molar refractivity (Wildman–Crippen MR) is 131 cm³/mol. The molecule has 37 heavy (non-hydrogen) atoms. The van der Waals surface area contributed by atoms with Crippen LogP contribution in [0.5, 0.6) is 23.0 Å². The topological polar surface area (TPSA) is 168 Å². The van der Waals surface area contributed by atoms with Crippen molar-refractivity contribution in [3.8, 4) is 23.0 Å². The van der Waals surface area contributed by atoms with Crippen molar-refractivity contribution >= 4 is 0 Å². The molecule has 1 heterocycles. The molecule has 0 spiro atoms. The first-order valence-electron chi connectivity index (χ1n) is 12.0. The van der Waals surface area contributed by atoms with Crippen molar-refractivity contribution in [2.45, 2.75) is 62.7 Å². The summed E-state index contributed by atoms with van der Waals surface area (Å²) in [6.45, 7) is 1.35. The molecule has 1 fully saturated rings. The van der Waals surface area contributed by atoms with Crippen molar-refractivity contribution in [3.05, 3.63) is 47.5 Å². The molecule has 0 saturated carbocycles. The number of methoxy groups -OCH3 is 2. The second kappa shape index (κ2) is 13.2. The van der Waals surface area contributed by atoms with E-state index in [0.717, 1.165) is 5.56 Å². The molecular weight excluding hydrogens is 488 g/mol. The highest BCUT2D eigenvalue weighted by Crippen LogP contribution is 2.34. The van der Waals surface area contributed by atoms with Crippen LogP contribution in [0.4, 0.5) is 0 Å². The summed E-state index contributed by atoms with van der Waals surface area (Å²) in [7, 11) is 2.88. The minimum Gasteiger partial charge on any atom is -0.504 e. The second-order valence-corrected chi connectivity index (χ2v) is 8.86. The van der Waals surface area contributed by atoms with E-state index in [-0.39, 0.29) is 18.1 Å². The molecule has 11 heteroatoms. The molecular formula is C26H36O11. The van der Waals surface area contributed by atoms with E-state index < -0.39 is 49.5 Å². The van der Waals surface area contributed by atoms with Crippen LogP contribution in [-0.2, 0) is 15.9 Å². The van der Waals surface area contributed by atoms with Gasteiger partial charge in [-0.25, -0.2) is 0 Å². The summed E-state index contributed by atoms with van der Waals surface area (Å²) < 4.78 is 27.4. The minimum absolute atomic E-state index is 0.0732. The van der Waals surface area contributed by atoms with Crippen molar-refractivity contribution in [1.29, 1.82) is 0 Å². The van der Waals surface area contributed by atoms with Crippen LogP contribution in [0.1, 0.15) is 30.6 Å². The van der Waals surface area contributed by atoms with Crippen molar-refractivity contribution in [1.82, 2.24) is 0 Å². The number of rotatable bonds is 12. The maximum absolute atomic E-state index is 10.8. The van der Waals surface area contributed by atoms with Gasteiger partial charge in [0, 0.05) is 0 Å². The van der Waals surface area contributed by atoms with E-state index in [4.69, 9.17) is 23.7 Å². The highest BCUT2D eigenvalue weighted by atomic mass is 16.7. The van der Waals surface area contributed by atoms with Crippen LogP contribution in [-0.4, -0.2) is 94.9 Å². The van der Waals surface area contributed by atoms with E-state index in [1.807, 2.05) is 6.07 Å². The smallest absolute Gasteiger partial charge is 0.186 e. The molecule has 7 atom stereocenters. The average molecular weight is 525 g/mol. The summed E-state index contributed by atoms with van der Waals surface area (Å²) in [5, 5.41) is 60.1. The van der Waals surface area contributed by atoms with E-state index in [9.17, 15) is 30.6 Å². The zero-order chi connectivity index (χ0) is 27.1. The molecule has 6 N–H and O–H groups in total. The molecule has 3 rings (SSSR count). The summed E-state index contributed by atoms with van der Waals surface area (Å²) in [6, 6.07) is 9.63. The van der Waals surface area contributed by atoms with E-state index >= 15 is 0 Å². The highest BCUT2D eigenvalue weighted by molar-refractivity contribution is 5.44. The van der Waals surface area contributed by atoms with E-state index in [0.29, 0.717) is 29.9 Å². The number of hydrogen-bond acceptors (Lipinski definition) is 11. The second-order valence-electron chi connectivity index (χ2n) is 8.86. The van der Waals surface area contributed by atoms with Gasteiger partial charge in [0.15, 0.2) is 35.4 Å². The number of aromatic hydroxyl groups is 1. The lowest BCUT2D eigenvalue weighted by atomic mass is 10.00. The van der Waals surface area contributed by atoms with Crippen LogP contribution >= 0.6 is 0 Å². The number of phenolic OH excluding ortho intramolecular Hbond substituents is 1. The Bertz CT molecular complexity index is 1000. The first kappa shape index (κ1) is 28.9. The minimum atomic E-state index is -1.35.